The van der Waals surface area contributed by atoms with Gasteiger partial charge in [0.2, 0.25) is 0 Å². The number of ether oxygens (including phenoxy) is 1. The first-order chi connectivity index (χ1) is 18.0. The standard InChI is InChI=1S/C27H25N7O3/c1-37-24-21(22(35)23(24)36)33-14-12-32(13-15-33)16-17-6-8-18(9-7-17)34-26(19-4-2-10-29-25(19)28)31-20-5-3-11-30-27(20)34/h2-11H,12-16H2,1H3,(H2,28,29). The summed E-state index contributed by atoms with van der Waals surface area (Å²) in [6.07, 6.45) is 3.42. The van der Waals surface area contributed by atoms with Gasteiger partial charge in [0.15, 0.2) is 17.2 Å². The van der Waals surface area contributed by atoms with Crippen molar-refractivity contribution in [1.82, 2.24) is 24.4 Å². The van der Waals surface area contributed by atoms with Crippen molar-refractivity contribution in [3.05, 3.63) is 86.9 Å². The molecule has 0 saturated carbocycles. The number of benzene rings is 1. The summed E-state index contributed by atoms with van der Waals surface area (Å²) in [6.45, 7) is 3.68. The lowest BCUT2D eigenvalue weighted by Gasteiger charge is -2.36. The number of methoxy groups -OCH3 is 1. The number of fused-ring (bicyclic) bond motifs is 1. The minimum Gasteiger partial charge on any atom is -0.491 e. The summed E-state index contributed by atoms with van der Waals surface area (Å²) in [4.78, 5) is 41.5. The van der Waals surface area contributed by atoms with Crippen LogP contribution >= 0.6 is 0 Å². The van der Waals surface area contributed by atoms with Gasteiger partial charge in [-0.25, -0.2) is 15.0 Å². The van der Waals surface area contributed by atoms with E-state index in [2.05, 4.69) is 39.1 Å². The number of nitrogens with zero attached hydrogens (tertiary/aromatic N) is 6. The van der Waals surface area contributed by atoms with Crippen molar-refractivity contribution in [3.8, 4) is 22.8 Å². The summed E-state index contributed by atoms with van der Waals surface area (Å²) in [5.74, 6) is 1.29. The molecule has 0 amide bonds. The van der Waals surface area contributed by atoms with E-state index >= 15 is 0 Å². The molecule has 1 aliphatic heterocycles. The molecule has 1 fully saturated rings. The zero-order chi connectivity index (χ0) is 25.5. The Bertz CT molecular complexity index is 1660. The number of rotatable bonds is 6. The molecule has 0 aliphatic carbocycles. The van der Waals surface area contributed by atoms with Gasteiger partial charge < -0.3 is 15.4 Å². The molecule has 37 heavy (non-hydrogen) atoms. The largest absolute Gasteiger partial charge is 0.491 e. The van der Waals surface area contributed by atoms with Crippen LogP contribution in [0.1, 0.15) is 5.56 Å². The molecule has 5 aromatic rings. The van der Waals surface area contributed by atoms with Crippen LogP contribution in [0.15, 0.2) is 70.5 Å². The zero-order valence-corrected chi connectivity index (χ0v) is 20.3. The van der Waals surface area contributed by atoms with Gasteiger partial charge in [-0.05, 0) is 42.0 Å². The lowest BCUT2D eigenvalue weighted by atomic mass is 10.1. The van der Waals surface area contributed by atoms with Crippen LogP contribution in [-0.4, -0.2) is 57.7 Å². The number of hydrogen-bond acceptors (Lipinski definition) is 9. The van der Waals surface area contributed by atoms with Crippen LogP contribution in [0.25, 0.3) is 28.2 Å². The average Bonchev–Trinajstić information content (AvgIpc) is 3.32. The van der Waals surface area contributed by atoms with Crippen molar-refractivity contribution < 1.29 is 4.74 Å². The highest BCUT2D eigenvalue weighted by Gasteiger charge is 2.29. The maximum atomic E-state index is 12.0. The fraction of sp³-hybridized carbons (Fsp3) is 0.222. The number of nitrogen functional groups attached to an aromatic ring is 1. The Morgan fingerprint density at radius 3 is 2.38 bits per heavy atom. The van der Waals surface area contributed by atoms with Crippen LogP contribution in [0.5, 0.6) is 5.75 Å². The highest BCUT2D eigenvalue weighted by molar-refractivity contribution is 5.82. The van der Waals surface area contributed by atoms with Gasteiger partial charge in [0, 0.05) is 50.8 Å². The number of hydrogen-bond donors (Lipinski definition) is 1. The van der Waals surface area contributed by atoms with Gasteiger partial charge in [-0.15, -0.1) is 0 Å². The van der Waals surface area contributed by atoms with E-state index in [-0.39, 0.29) is 5.75 Å². The Labute approximate surface area is 212 Å². The van der Waals surface area contributed by atoms with E-state index in [9.17, 15) is 9.59 Å². The Morgan fingerprint density at radius 2 is 1.65 bits per heavy atom. The van der Waals surface area contributed by atoms with E-state index in [1.165, 1.54) is 12.7 Å². The minimum atomic E-state index is -0.532. The molecule has 0 unspecified atom stereocenters. The molecular weight excluding hydrogens is 470 g/mol. The highest BCUT2D eigenvalue weighted by atomic mass is 16.5. The third-order valence-corrected chi connectivity index (χ3v) is 6.83. The smallest absolute Gasteiger partial charge is 0.272 e. The molecule has 0 bridgehead atoms. The Balaban J connectivity index is 1.22. The second kappa shape index (κ2) is 9.14. The fourth-order valence-electron chi connectivity index (χ4n) is 4.92. The van der Waals surface area contributed by atoms with E-state index in [4.69, 9.17) is 15.5 Å². The lowest BCUT2D eigenvalue weighted by molar-refractivity contribution is 0.248. The molecule has 1 aliphatic rings. The molecule has 4 heterocycles. The van der Waals surface area contributed by atoms with E-state index < -0.39 is 10.9 Å². The summed E-state index contributed by atoms with van der Waals surface area (Å²) in [5.41, 5.74) is 10.00. The van der Waals surface area contributed by atoms with E-state index in [1.54, 1.807) is 12.4 Å². The Morgan fingerprint density at radius 1 is 0.919 bits per heavy atom. The maximum Gasteiger partial charge on any atom is 0.272 e. The number of piperazine rings is 1. The van der Waals surface area contributed by atoms with Crippen LogP contribution in [0.3, 0.4) is 0 Å². The molecule has 10 nitrogen and oxygen atoms in total. The zero-order valence-electron chi connectivity index (χ0n) is 20.3. The minimum absolute atomic E-state index is 0.183. The van der Waals surface area contributed by atoms with Crippen LogP contribution in [0, 0.1) is 0 Å². The van der Waals surface area contributed by atoms with Crippen LogP contribution < -0.4 is 26.2 Å². The topological polar surface area (TPSA) is 119 Å². The van der Waals surface area contributed by atoms with Crippen molar-refractivity contribution in [2.24, 2.45) is 0 Å². The summed E-state index contributed by atoms with van der Waals surface area (Å²) in [6, 6.07) is 15.9. The van der Waals surface area contributed by atoms with Crippen molar-refractivity contribution in [3.63, 3.8) is 0 Å². The van der Waals surface area contributed by atoms with Crippen LogP contribution in [-0.2, 0) is 6.54 Å². The first-order valence-corrected chi connectivity index (χ1v) is 12.0. The van der Waals surface area contributed by atoms with Gasteiger partial charge in [0.05, 0.1) is 12.7 Å². The molecule has 0 atom stereocenters. The third-order valence-electron chi connectivity index (χ3n) is 6.83. The van der Waals surface area contributed by atoms with Gasteiger partial charge in [-0.3, -0.25) is 19.1 Å². The van der Waals surface area contributed by atoms with Crippen LogP contribution in [0.2, 0.25) is 0 Å². The van der Waals surface area contributed by atoms with Gasteiger partial charge >= 0.3 is 0 Å². The van der Waals surface area contributed by atoms with Crippen molar-refractivity contribution in [1.29, 1.82) is 0 Å². The van der Waals surface area contributed by atoms with Crippen molar-refractivity contribution >= 4 is 22.7 Å². The molecule has 1 saturated heterocycles. The molecule has 6 rings (SSSR count). The molecule has 186 valence electrons. The summed E-state index contributed by atoms with van der Waals surface area (Å²) >= 11 is 0. The van der Waals surface area contributed by atoms with E-state index in [0.717, 1.165) is 42.0 Å². The first-order valence-electron chi connectivity index (χ1n) is 12.0. The Hall–Kier alpha value is -4.57. The van der Waals surface area contributed by atoms with Crippen LogP contribution in [0.4, 0.5) is 11.5 Å². The lowest BCUT2D eigenvalue weighted by Crippen LogP contribution is -2.50. The molecule has 0 spiro atoms. The SMILES string of the molecule is COc1c(N2CCN(Cc3ccc(-n4c(-c5cccnc5N)nc5cccnc54)cc3)CC2)c(=O)c1=O. The second-order valence-electron chi connectivity index (χ2n) is 9.02. The number of aromatic nitrogens is 4. The molecule has 10 heteroatoms. The second-order valence-corrected chi connectivity index (χ2v) is 9.02. The predicted octanol–water partition coefficient (Wildman–Crippen LogP) is 1.99. The highest BCUT2D eigenvalue weighted by Crippen LogP contribution is 2.30. The molecule has 0 radical (unpaired) electrons. The van der Waals surface area contributed by atoms with Gasteiger partial charge in [-0.2, -0.15) is 0 Å². The van der Waals surface area contributed by atoms with Gasteiger partial charge in [0.25, 0.3) is 10.9 Å². The van der Waals surface area contributed by atoms with E-state index in [1.807, 2.05) is 33.7 Å². The first kappa shape index (κ1) is 22.9. The molecular formula is C27H25N7O3. The quantitative estimate of drug-likeness (QED) is 0.353. The van der Waals surface area contributed by atoms with Gasteiger partial charge in [-0.1, -0.05) is 12.1 Å². The molecule has 2 aromatic carbocycles. The maximum absolute atomic E-state index is 12.0. The van der Waals surface area contributed by atoms with Crippen molar-refractivity contribution in [2.75, 3.05) is 43.9 Å². The Kier molecular flexibility index (Phi) is 5.65. The normalized spacial score (nSPS) is 14.5. The molecule has 3 aromatic heterocycles. The van der Waals surface area contributed by atoms with E-state index in [0.29, 0.717) is 30.4 Å². The number of imidazole rings is 1. The summed E-state index contributed by atoms with van der Waals surface area (Å²) < 4.78 is 7.10. The summed E-state index contributed by atoms with van der Waals surface area (Å²) in [7, 11) is 1.43. The number of pyridine rings is 2. The third kappa shape index (κ3) is 3.91. The number of anilines is 2. The predicted molar refractivity (Wildman–Crippen MR) is 142 cm³/mol. The monoisotopic (exact) mass is 495 g/mol. The fourth-order valence-corrected chi connectivity index (χ4v) is 4.92. The average molecular weight is 496 g/mol. The summed E-state index contributed by atoms with van der Waals surface area (Å²) in [5, 5.41) is 0. The van der Waals surface area contributed by atoms with Crippen molar-refractivity contribution in [2.45, 2.75) is 6.54 Å². The van der Waals surface area contributed by atoms with Gasteiger partial charge in [0.1, 0.15) is 17.0 Å². The number of nitrogens with two attached hydrogens (primary N) is 1. The molecule has 2 N–H and O–H groups in total.